The van der Waals surface area contributed by atoms with Crippen molar-refractivity contribution in [3.05, 3.63) is 87.6 Å². The summed E-state index contributed by atoms with van der Waals surface area (Å²) in [6, 6.07) is 11.7. The van der Waals surface area contributed by atoms with Gasteiger partial charge in [-0.3, -0.25) is 18.6 Å². The Morgan fingerprint density at radius 1 is 0.976 bits per heavy atom. The van der Waals surface area contributed by atoms with Gasteiger partial charge in [0.05, 0.1) is 13.5 Å². The number of carbonyl (C=O) groups is 2. The van der Waals surface area contributed by atoms with E-state index in [1.165, 1.54) is 42.0 Å². The first-order valence-corrected chi connectivity index (χ1v) is 14.6. The SMILES string of the molecule is COc1ccc(-c2cn(C)c(=O)cc2[C@H](CC(=O)OC(C)(C)C)C[S@@](=O)C(C)(C)C)c(C(=O)c2ccc(F)cc2)c1. The van der Waals surface area contributed by atoms with E-state index >= 15 is 0 Å². The number of ether oxygens (including phenoxy) is 2. The lowest BCUT2D eigenvalue weighted by atomic mass is 9.87. The lowest BCUT2D eigenvalue weighted by Gasteiger charge is -2.27. The van der Waals surface area contributed by atoms with E-state index in [-0.39, 0.29) is 34.6 Å². The van der Waals surface area contributed by atoms with Crippen LogP contribution in [0.1, 0.15) is 75.4 Å². The molecule has 2 atom stereocenters. The summed E-state index contributed by atoms with van der Waals surface area (Å²) >= 11 is 0. The number of esters is 1. The first-order chi connectivity index (χ1) is 19.0. The summed E-state index contributed by atoms with van der Waals surface area (Å²) in [5.41, 5.74) is 0.983. The lowest BCUT2D eigenvalue weighted by molar-refractivity contribution is -0.155. The van der Waals surface area contributed by atoms with Crippen LogP contribution in [-0.2, 0) is 27.4 Å². The summed E-state index contributed by atoms with van der Waals surface area (Å²) in [5, 5.41) is 0. The van der Waals surface area contributed by atoms with Crippen LogP contribution in [-0.4, -0.2) is 43.7 Å². The average molecular weight is 584 g/mol. The smallest absolute Gasteiger partial charge is 0.306 e. The second kappa shape index (κ2) is 12.5. The van der Waals surface area contributed by atoms with E-state index in [1.807, 2.05) is 20.8 Å². The van der Waals surface area contributed by atoms with Crippen molar-refractivity contribution in [2.75, 3.05) is 12.9 Å². The summed E-state index contributed by atoms with van der Waals surface area (Å²) in [6.45, 7) is 10.8. The van der Waals surface area contributed by atoms with Crippen molar-refractivity contribution >= 4 is 22.6 Å². The van der Waals surface area contributed by atoms with Gasteiger partial charge in [0.2, 0.25) is 0 Å². The van der Waals surface area contributed by atoms with Gasteiger partial charge in [-0.05, 0) is 95.1 Å². The van der Waals surface area contributed by atoms with Crippen LogP contribution in [0.5, 0.6) is 5.75 Å². The van der Waals surface area contributed by atoms with Crippen LogP contribution in [0, 0.1) is 5.82 Å². The molecule has 2 aromatic carbocycles. The minimum atomic E-state index is -1.37. The summed E-state index contributed by atoms with van der Waals surface area (Å²) in [5.74, 6) is -1.45. The van der Waals surface area contributed by atoms with E-state index in [0.717, 1.165) is 0 Å². The quantitative estimate of drug-likeness (QED) is 0.234. The zero-order chi connectivity index (χ0) is 30.7. The number of carbonyl (C=O) groups excluding carboxylic acids is 2. The predicted octanol–water partition coefficient (Wildman–Crippen LogP) is 5.79. The molecular weight excluding hydrogens is 545 g/mol. The number of aromatic nitrogens is 1. The molecule has 0 aliphatic heterocycles. The number of hydrogen-bond acceptors (Lipinski definition) is 6. The molecular formula is C32H38FNO6S. The van der Waals surface area contributed by atoms with Crippen molar-refractivity contribution in [1.29, 1.82) is 0 Å². The van der Waals surface area contributed by atoms with Crippen LogP contribution in [0.25, 0.3) is 11.1 Å². The van der Waals surface area contributed by atoms with E-state index in [4.69, 9.17) is 9.47 Å². The van der Waals surface area contributed by atoms with Crippen LogP contribution in [0.4, 0.5) is 4.39 Å². The molecule has 0 unspecified atom stereocenters. The molecule has 0 aliphatic carbocycles. The zero-order valence-corrected chi connectivity index (χ0v) is 25.7. The highest BCUT2D eigenvalue weighted by molar-refractivity contribution is 7.86. The van der Waals surface area contributed by atoms with Crippen molar-refractivity contribution in [1.82, 2.24) is 4.57 Å². The molecule has 0 fully saturated rings. The highest BCUT2D eigenvalue weighted by Crippen LogP contribution is 2.36. The number of rotatable bonds is 9. The Balaban J connectivity index is 2.26. The monoisotopic (exact) mass is 583 g/mol. The van der Waals surface area contributed by atoms with Crippen LogP contribution in [0.3, 0.4) is 0 Å². The Bertz CT molecular complexity index is 1510. The van der Waals surface area contributed by atoms with E-state index < -0.39 is 38.9 Å². The Morgan fingerprint density at radius 2 is 1.61 bits per heavy atom. The molecule has 0 N–H and O–H groups in total. The molecule has 3 aromatic rings. The highest BCUT2D eigenvalue weighted by atomic mass is 32.2. The van der Waals surface area contributed by atoms with Crippen molar-refractivity contribution in [2.24, 2.45) is 7.05 Å². The molecule has 220 valence electrons. The number of benzene rings is 2. The molecule has 0 amide bonds. The van der Waals surface area contributed by atoms with Gasteiger partial charge in [0.15, 0.2) is 5.78 Å². The molecule has 3 rings (SSSR count). The molecule has 1 heterocycles. The molecule has 0 spiro atoms. The van der Waals surface area contributed by atoms with Crippen LogP contribution < -0.4 is 10.3 Å². The summed E-state index contributed by atoms with van der Waals surface area (Å²) in [6.07, 6.45) is 1.50. The van der Waals surface area contributed by atoms with Gasteiger partial charge < -0.3 is 14.0 Å². The average Bonchev–Trinajstić information content (AvgIpc) is 2.87. The Hall–Kier alpha value is -3.59. The highest BCUT2D eigenvalue weighted by Gasteiger charge is 2.30. The molecule has 0 saturated heterocycles. The number of aryl methyl sites for hydroxylation is 1. The van der Waals surface area contributed by atoms with Gasteiger partial charge in [-0.1, -0.05) is 0 Å². The van der Waals surface area contributed by atoms with Crippen molar-refractivity contribution < 1.29 is 27.7 Å². The lowest BCUT2D eigenvalue weighted by Crippen LogP contribution is -2.30. The van der Waals surface area contributed by atoms with Crippen molar-refractivity contribution in [2.45, 2.75) is 64.2 Å². The third-order valence-corrected chi connectivity index (χ3v) is 8.51. The number of pyridine rings is 1. The molecule has 0 radical (unpaired) electrons. The fourth-order valence-corrected chi connectivity index (χ4v) is 5.48. The number of ketones is 1. The van der Waals surface area contributed by atoms with E-state index in [0.29, 0.717) is 22.4 Å². The maximum absolute atomic E-state index is 13.7. The number of hydrogen-bond donors (Lipinski definition) is 0. The second-order valence-corrected chi connectivity index (χ2v) is 14.2. The zero-order valence-electron chi connectivity index (χ0n) is 24.9. The largest absolute Gasteiger partial charge is 0.497 e. The third-order valence-electron chi connectivity index (χ3n) is 6.44. The second-order valence-electron chi connectivity index (χ2n) is 12.0. The maximum atomic E-state index is 13.7. The molecule has 9 heteroatoms. The standard InChI is InChI=1S/C32H38FNO6S/c1-31(2,3)40-29(36)15-21(19-41(38)32(4,5)6)25-17-28(35)34(7)18-27(25)24-14-13-23(39-8)16-26(24)30(37)20-9-11-22(33)12-10-20/h9-14,16-18,21H,15,19H2,1-8H3/t21-,41-/m1/s1. The first kappa shape index (κ1) is 31.9. The van der Waals surface area contributed by atoms with Gasteiger partial charge in [-0.15, -0.1) is 0 Å². The molecule has 41 heavy (non-hydrogen) atoms. The van der Waals surface area contributed by atoms with Gasteiger partial charge in [-0.25, -0.2) is 4.39 Å². The predicted molar refractivity (Wildman–Crippen MR) is 159 cm³/mol. The third kappa shape index (κ3) is 8.22. The topological polar surface area (TPSA) is 91.7 Å². The van der Waals surface area contributed by atoms with Crippen LogP contribution in [0.2, 0.25) is 0 Å². The number of methoxy groups -OCH3 is 1. The molecule has 0 saturated carbocycles. The molecule has 7 nitrogen and oxygen atoms in total. The van der Waals surface area contributed by atoms with Crippen molar-refractivity contribution in [3.8, 4) is 16.9 Å². The van der Waals surface area contributed by atoms with Gasteiger partial charge in [-0.2, -0.15) is 0 Å². The first-order valence-electron chi connectivity index (χ1n) is 13.3. The minimum absolute atomic E-state index is 0.0975. The van der Waals surface area contributed by atoms with Crippen LogP contribution >= 0.6 is 0 Å². The van der Waals surface area contributed by atoms with E-state index in [9.17, 15) is 23.0 Å². The van der Waals surface area contributed by atoms with Crippen LogP contribution in [0.15, 0.2) is 59.5 Å². The van der Waals surface area contributed by atoms with Gasteiger partial charge in [0, 0.05) is 63.2 Å². The van der Waals surface area contributed by atoms with Gasteiger partial charge in [0.25, 0.3) is 5.56 Å². The molecule has 1 aromatic heterocycles. The summed E-state index contributed by atoms with van der Waals surface area (Å²) in [7, 11) is 1.70. The fraction of sp³-hybridized carbons (Fsp3) is 0.406. The van der Waals surface area contributed by atoms with E-state index in [1.54, 1.807) is 52.2 Å². The maximum Gasteiger partial charge on any atom is 0.306 e. The normalized spacial score (nSPS) is 13.4. The Morgan fingerprint density at radius 3 is 2.17 bits per heavy atom. The van der Waals surface area contributed by atoms with Gasteiger partial charge >= 0.3 is 5.97 Å². The number of halogens is 1. The summed E-state index contributed by atoms with van der Waals surface area (Å²) in [4.78, 5) is 39.7. The Labute approximate surface area is 243 Å². The fourth-order valence-electron chi connectivity index (χ4n) is 4.31. The summed E-state index contributed by atoms with van der Waals surface area (Å²) < 4.78 is 38.8. The Kier molecular flexibility index (Phi) is 9.74. The molecule has 0 bridgehead atoms. The van der Waals surface area contributed by atoms with E-state index in [2.05, 4.69) is 0 Å². The molecule has 0 aliphatic rings. The number of nitrogens with zero attached hydrogens (tertiary/aromatic N) is 1. The minimum Gasteiger partial charge on any atom is -0.497 e. The van der Waals surface area contributed by atoms with Gasteiger partial charge in [0.1, 0.15) is 17.2 Å². The van der Waals surface area contributed by atoms with Crippen molar-refractivity contribution in [3.63, 3.8) is 0 Å².